The molecule has 1 aromatic rings. The highest BCUT2D eigenvalue weighted by atomic mass is 16.5. The number of hydrogen-bond acceptors (Lipinski definition) is 5. The smallest absolute Gasteiger partial charge is 0.272 e. The van der Waals surface area contributed by atoms with Gasteiger partial charge >= 0.3 is 0 Å². The lowest BCUT2D eigenvalue weighted by Gasteiger charge is -2.35. The average molecular weight is 349 g/mol. The highest BCUT2D eigenvalue weighted by Crippen LogP contribution is 2.24. The Morgan fingerprint density at radius 1 is 1.40 bits per heavy atom. The Morgan fingerprint density at radius 2 is 2.20 bits per heavy atom. The van der Waals surface area contributed by atoms with Gasteiger partial charge in [-0.25, -0.2) is 0 Å². The minimum atomic E-state index is -0.127. The van der Waals surface area contributed by atoms with Crippen molar-refractivity contribution >= 4 is 11.8 Å². The molecule has 2 aliphatic rings. The topological polar surface area (TPSA) is 79.7 Å². The molecule has 8 nitrogen and oxygen atoms in total. The van der Waals surface area contributed by atoms with Crippen LogP contribution in [0.4, 0.5) is 0 Å². The zero-order valence-corrected chi connectivity index (χ0v) is 15.1. The largest absolute Gasteiger partial charge is 0.375 e. The van der Waals surface area contributed by atoms with Crippen LogP contribution in [0.25, 0.3) is 0 Å². The predicted molar refractivity (Wildman–Crippen MR) is 92.2 cm³/mol. The van der Waals surface area contributed by atoms with Gasteiger partial charge in [0, 0.05) is 52.0 Å². The Hall–Kier alpha value is -1.93. The molecule has 0 radical (unpaired) electrons. The van der Waals surface area contributed by atoms with Crippen LogP contribution < -0.4 is 5.32 Å². The number of carbonyl (C=O) groups is 2. The van der Waals surface area contributed by atoms with E-state index in [-0.39, 0.29) is 24.0 Å². The van der Waals surface area contributed by atoms with E-state index in [2.05, 4.69) is 15.3 Å². The molecule has 2 aliphatic heterocycles. The van der Waals surface area contributed by atoms with Crippen LogP contribution in [0.3, 0.4) is 0 Å². The van der Waals surface area contributed by atoms with Crippen LogP contribution in [0.15, 0.2) is 12.3 Å². The van der Waals surface area contributed by atoms with Gasteiger partial charge in [0.25, 0.3) is 5.91 Å². The van der Waals surface area contributed by atoms with Gasteiger partial charge in [0.15, 0.2) is 0 Å². The molecule has 8 heteroatoms. The van der Waals surface area contributed by atoms with E-state index in [0.717, 1.165) is 26.1 Å². The molecule has 0 aliphatic carbocycles. The summed E-state index contributed by atoms with van der Waals surface area (Å²) in [6.07, 6.45) is 3.02. The SMILES string of the molecule is CCn1ccc(C(=O)N[C@@H]2C[C@H]3CO[C@@H](CC(=O)N(C)C)CN3C2)n1. The van der Waals surface area contributed by atoms with E-state index < -0.39 is 0 Å². The van der Waals surface area contributed by atoms with E-state index in [0.29, 0.717) is 24.8 Å². The second kappa shape index (κ2) is 7.53. The second-order valence-corrected chi connectivity index (χ2v) is 7.02. The third kappa shape index (κ3) is 4.19. The minimum absolute atomic E-state index is 0.0687. The maximum atomic E-state index is 12.3. The maximum absolute atomic E-state index is 12.3. The number of aryl methyl sites for hydroxylation is 1. The van der Waals surface area contributed by atoms with Gasteiger partial charge in [-0.05, 0) is 19.4 Å². The minimum Gasteiger partial charge on any atom is -0.375 e. The van der Waals surface area contributed by atoms with Gasteiger partial charge in [0.05, 0.1) is 19.1 Å². The van der Waals surface area contributed by atoms with Crippen LogP contribution in [-0.2, 0) is 16.1 Å². The van der Waals surface area contributed by atoms with Crippen molar-refractivity contribution < 1.29 is 14.3 Å². The number of carbonyl (C=O) groups excluding carboxylic acids is 2. The van der Waals surface area contributed by atoms with Crippen LogP contribution in [-0.4, -0.2) is 83.4 Å². The molecule has 0 aromatic carbocycles. The van der Waals surface area contributed by atoms with Crippen molar-refractivity contribution in [2.24, 2.45) is 0 Å². The van der Waals surface area contributed by atoms with Gasteiger partial charge in [-0.2, -0.15) is 5.10 Å². The number of morpholine rings is 1. The van der Waals surface area contributed by atoms with Crippen LogP contribution in [0.2, 0.25) is 0 Å². The molecule has 0 spiro atoms. The van der Waals surface area contributed by atoms with E-state index in [9.17, 15) is 9.59 Å². The van der Waals surface area contributed by atoms with Gasteiger partial charge < -0.3 is 15.0 Å². The molecule has 25 heavy (non-hydrogen) atoms. The summed E-state index contributed by atoms with van der Waals surface area (Å²) in [5.41, 5.74) is 0.456. The Bertz CT molecular complexity index is 630. The fourth-order valence-electron chi connectivity index (χ4n) is 3.47. The standard InChI is InChI=1S/C17H27N5O3/c1-4-22-6-5-15(19-22)17(24)18-12-7-13-11-25-14(10-21(13)9-12)8-16(23)20(2)3/h5-6,12-14H,4,7-11H2,1-3H3,(H,18,24)/t12-,13+,14+/m1/s1. The number of amides is 2. The third-order valence-electron chi connectivity index (χ3n) is 4.92. The van der Waals surface area contributed by atoms with Gasteiger partial charge in [-0.15, -0.1) is 0 Å². The normalized spacial score (nSPS) is 26.3. The molecule has 2 amide bonds. The number of fused-ring (bicyclic) bond motifs is 1. The number of nitrogens with one attached hydrogen (secondary N) is 1. The summed E-state index contributed by atoms with van der Waals surface area (Å²) in [4.78, 5) is 28.1. The van der Waals surface area contributed by atoms with E-state index in [1.165, 1.54) is 0 Å². The number of nitrogens with zero attached hydrogens (tertiary/aromatic N) is 4. The van der Waals surface area contributed by atoms with Crippen molar-refractivity contribution in [2.75, 3.05) is 33.8 Å². The van der Waals surface area contributed by atoms with Gasteiger partial charge in [0.2, 0.25) is 5.91 Å². The number of hydrogen-bond donors (Lipinski definition) is 1. The van der Waals surface area contributed by atoms with Crippen molar-refractivity contribution in [2.45, 2.75) is 44.5 Å². The molecular formula is C17H27N5O3. The van der Waals surface area contributed by atoms with Crippen LogP contribution in [0, 0.1) is 0 Å². The first-order valence-electron chi connectivity index (χ1n) is 8.86. The molecule has 3 atom stereocenters. The highest BCUT2D eigenvalue weighted by molar-refractivity contribution is 5.92. The first kappa shape index (κ1) is 17.9. The molecule has 1 N–H and O–H groups in total. The summed E-state index contributed by atoms with van der Waals surface area (Å²) in [7, 11) is 3.52. The van der Waals surface area contributed by atoms with Crippen LogP contribution >= 0.6 is 0 Å². The average Bonchev–Trinajstić information content (AvgIpc) is 3.20. The van der Waals surface area contributed by atoms with E-state index in [4.69, 9.17) is 4.74 Å². The monoisotopic (exact) mass is 349 g/mol. The molecule has 3 rings (SSSR count). The Labute approximate surface area is 148 Å². The number of aromatic nitrogens is 2. The lowest BCUT2D eigenvalue weighted by Crippen LogP contribution is -2.47. The first-order valence-corrected chi connectivity index (χ1v) is 8.86. The van der Waals surface area contributed by atoms with Crippen molar-refractivity contribution in [3.05, 3.63) is 18.0 Å². The molecule has 2 fully saturated rings. The molecule has 1 aromatic heterocycles. The maximum Gasteiger partial charge on any atom is 0.272 e. The molecular weight excluding hydrogens is 322 g/mol. The molecule has 138 valence electrons. The molecule has 3 heterocycles. The predicted octanol–water partition coefficient (Wildman–Crippen LogP) is -0.0472. The summed E-state index contributed by atoms with van der Waals surface area (Å²) in [5, 5.41) is 7.32. The number of ether oxygens (including phenoxy) is 1. The van der Waals surface area contributed by atoms with Crippen molar-refractivity contribution in [1.82, 2.24) is 24.9 Å². The Morgan fingerprint density at radius 3 is 2.88 bits per heavy atom. The third-order valence-corrected chi connectivity index (χ3v) is 4.92. The lowest BCUT2D eigenvalue weighted by atomic mass is 10.1. The highest BCUT2D eigenvalue weighted by Gasteiger charge is 2.38. The van der Waals surface area contributed by atoms with Crippen molar-refractivity contribution in [1.29, 1.82) is 0 Å². The zero-order valence-electron chi connectivity index (χ0n) is 15.1. The second-order valence-electron chi connectivity index (χ2n) is 7.02. The summed E-state index contributed by atoms with van der Waals surface area (Å²) in [5.74, 6) is -0.0451. The Kier molecular flexibility index (Phi) is 5.39. The first-order chi connectivity index (χ1) is 12.0. The van der Waals surface area contributed by atoms with Crippen LogP contribution in [0.5, 0.6) is 0 Å². The molecule has 0 bridgehead atoms. The zero-order chi connectivity index (χ0) is 18.0. The van der Waals surface area contributed by atoms with E-state index >= 15 is 0 Å². The summed E-state index contributed by atoms with van der Waals surface area (Å²) in [6.45, 7) is 4.88. The van der Waals surface area contributed by atoms with E-state index in [1.807, 2.05) is 13.1 Å². The fourth-order valence-corrected chi connectivity index (χ4v) is 3.47. The molecule has 0 unspecified atom stereocenters. The molecule has 2 saturated heterocycles. The Balaban J connectivity index is 1.51. The van der Waals surface area contributed by atoms with Crippen molar-refractivity contribution in [3.63, 3.8) is 0 Å². The fraction of sp³-hybridized carbons (Fsp3) is 0.706. The van der Waals surface area contributed by atoms with Gasteiger partial charge in [0.1, 0.15) is 5.69 Å². The van der Waals surface area contributed by atoms with Crippen molar-refractivity contribution in [3.8, 4) is 0 Å². The summed E-state index contributed by atoms with van der Waals surface area (Å²) in [6, 6.07) is 2.15. The summed E-state index contributed by atoms with van der Waals surface area (Å²) >= 11 is 0. The quantitative estimate of drug-likeness (QED) is 0.806. The summed E-state index contributed by atoms with van der Waals surface area (Å²) < 4.78 is 7.59. The molecule has 0 saturated carbocycles. The van der Waals surface area contributed by atoms with E-state index in [1.54, 1.807) is 29.7 Å². The van der Waals surface area contributed by atoms with Gasteiger partial charge in [-0.1, -0.05) is 0 Å². The number of rotatable bonds is 5. The van der Waals surface area contributed by atoms with Gasteiger partial charge in [-0.3, -0.25) is 19.2 Å². The lowest BCUT2D eigenvalue weighted by molar-refractivity contribution is -0.134. The van der Waals surface area contributed by atoms with Crippen LogP contribution in [0.1, 0.15) is 30.3 Å².